The summed E-state index contributed by atoms with van der Waals surface area (Å²) in [4.78, 5) is 23.2. The number of carbonyl (C=O) groups is 2. The third kappa shape index (κ3) is 3.78. The molecule has 170 valence electrons. The molecule has 1 amide bonds. The molecule has 2 saturated carbocycles. The molecule has 0 saturated heterocycles. The number of thioether (sulfide) groups is 1. The molecule has 1 aromatic carbocycles. The summed E-state index contributed by atoms with van der Waals surface area (Å²) in [6, 6.07) is 0.829. The molecule has 0 spiro atoms. The zero-order valence-corrected chi connectivity index (χ0v) is 18.7. The van der Waals surface area contributed by atoms with Crippen molar-refractivity contribution in [3.05, 3.63) is 17.2 Å². The fraction of sp³-hybridized carbons (Fsp3) is 0.652. The standard InChI is InChI=1S/C23H31NO6S/c1-11(25)24-17(22(29)30)10-31-18-9-15-12-7-8-23(2)16(5-6-19(23)26)13(12)3-4-14(15)20(27)21(18)28/h9,12-13,16-17,19,26-28H,3-8,10H2,1-2H3,(H,24,25)(H,29,30)/t12-,13+,16-,17-,19?,23-/m0/s1. The Balaban J connectivity index is 1.61. The lowest BCUT2D eigenvalue weighted by atomic mass is 9.55. The highest BCUT2D eigenvalue weighted by Gasteiger charge is 2.54. The summed E-state index contributed by atoms with van der Waals surface area (Å²) in [5, 5.41) is 43.6. The number of amides is 1. The van der Waals surface area contributed by atoms with Crippen molar-refractivity contribution in [1.82, 2.24) is 5.32 Å². The molecule has 5 N–H and O–H groups in total. The van der Waals surface area contributed by atoms with Gasteiger partial charge in [-0.15, -0.1) is 11.8 Å². The summed E-state index contributed by atoms with van der Waals surface area (Å²) < 4.78 is 0. The molecule has 8 heteroatoms. The van der Waals surface area contributed by atoms with E-state index in [-0.39, 0.29) is 34.7 Å². The van der Waals surface area contributed by atoms with Crippen LogP contribution in [0.5, 0.6) is 11.5 Å². The first kappa shape index (κ1) is 22.3. The van der Waals surface area contributed by atoms with E-state index in [4.69, 9.17) is 0 Å². The van der Waals surface area contributed by atoms with E-state index in [2.05, 4.69) is 12.2 Å². The zero-order valence-electron chi connectivity index (χ0n) is 17.9. The van der Waals surface area contributed by atoms with Crippen LogP contribution in [0.25, 0.3) is 0 Å². The Kier molecular flexibility index (Phi) is 5.89. The van der Waals surface area contributed by atoms with Crippen molar-refractivity contribution >= 4 is 23.6 Å². The molecule has 31 heavy (non-hydrogen) atoms. The number of aromatic hydroxyl groups is 2. The Morgan fingerprint density at radius 2 is 1.97 bits per heavy atom. The summed E-state index contributed by atoms with van der Waals surface area (Å²) in [6.45, 7) is 3.48. The third-order valence-corrected chi connectivity index (χ3v) is 9.10. The minimum absolute atomic E-state index is 0.0394. The van der Waals surface area contributed by atoms with E-state index >= 15 is 0 Å². The predicted molar refractivity (Wildman–Crippen MR) is 116 cm³/mol. The van der Waals surface area contributed by atoms with Crippen LogP contribution in [0.3, 0.4) is 0 Å². The number of hydrogen-bond acceptors (Lipinski definition) is 6. The Labute approximate surface area is 186 Å². The van der Waals surface area contributed by atoms with Gasteiger partial charge in [-0.2, -0.15) is 0 Å². The number of rotatable bonds is 5. The largest absolute Gasteiger partial charge is 0.504 e. The molecule has 0 radical (unpaired) electrons. The van der Waals surface area contributed by atoms with Gasteiger partial charge in [-0.3, -0.25) is 4.79 Å². The van der Waals surface area contributed by atoms with E-state index in [0.717, 1.165) is 55.0 Å². The first-order valence-electron chi connectivity index (χ1n) is 11.0. The van der Waals surface area contributed by atoms with E-state index < -0.39 is 17.9 Å². The van der Waals surface area contributed by atoms with Gasteiger partial charge in [0, 0.05) is 18.2 Å². The molecule has 3 aliphatic carbocycles. The molecule has 6 atom stereocenters. The maximum absolute atomic E-state index is 11.4. The number of aliphatic hydroxyl groups excluding tert-OH is 1. The second-order valence-electron chi connectivity index (χ2n) is 9.60. The van der Waals surface area contributed by atoms with Crippen LogP contribution >= 0.6 is 11.8 Å². The summed E-state index contributed by atoms with van der Waals surface area (Å²) in [5.41, 5.74) is 1.80. The molecule has 0 aliphatic heterocycles. The Morgan fingerprint density at radius 3 is 2.65 bits per heavy atom. The van der Waals surface area contributed by atoms with Gasteiger partial charge in [-0.25, -0.2) is 4.79 Å². The first-order chi connectivity index (χ1) is 14.6. The Bertz CT molecular complexity index is 905. The quantitative estimate of drug-likeness (QED) is 0.345. The van der Waals surface area contributed by atoms with E-state index in [0.29, 0.717) is 23.2 Å². The highest BCUT2D eigenvalue weighted by molar-refractivity contribution is 7.99. The van der Waals surface area contributed by atoms with Crippen LogP contribution < -0.4 is 5.32 Å². The fourth-order valence-corrected chi connectivity index (χ4v) is 7.37. The number of carboxylic acids is 1. The highest BCUT2D eigenvalue weighted by atomic mass is 32.2. The molecular formula is C23H31NO6S. The summed E-state index contributed by atoms with van der Waals surface area (Å²) in [5.74, 6) is -0.691. The fourth-order valence-electron chi connectivity index (χ4n) is 6.35. The van der Waals surface area contributed by atoms with Crippen LogP contribution in [0.1, 0.15) is 63.0 Å². The third-order valence-electron chi connectivity index (χ3n) is 7.97. The SMILES string of the molecule is CC(=O)N[C@@H](CSc1cc2c(c(O)c1O)CC[C@@H]1[C@@H]2CC[C@]2(C)C(O)CC[C@@H]12)C(=O)O. The van der Waals surface area contributed by atoms with E-state index in [1.807, 2.05) is 6.07 Å². The number of nitrogens with one attached hydrogen (secondary N) is 1. The molecule has 0 heterocycles. The lowest BCUT2D eigenvalue weighted by Gasteiger charge is -2.50. The summed E-state index contributed by atoms with van der Waals surface area (Å²) in [7, 11) is 0. The van der Waals surface area contributed by atoms with Crippen LogP contribution in [0.15, 0.2) is 11.0 Å². The second kappa shape index (κ2) is 8.20. The van der Waals surface area contributed by atoms with Gasteiger partial charge < -0.3 is 25.7 Å². The normalized spacial score (nSPS) is 32.5. The number of phenolic OH excluding ortho intramolecular Hbond substituents is 2. The zero-order chi connectivity index (χ0) is 22.5. The van der Waals surface area contributed by atoms with Crippen molar-refractivity contribution in [2.75, 3.05) is 5.75 Å². The van der Waals surface area contributed by atoms with Crippen molar-refractivity contribution in [3.63, 3.8) is 0 Å². The van der Waals surface area contributed by atoms with Gasteiger partial charge in [0.15, 0.2) is 11.5 Å². The number of phenols is 2. The Morgan fingerprint density at radius 1 is 1.23 bits per heavy atom. The molecule has 2 fully saturated rings. The van der Waals surface area contributed by atoms with Crippen LogP contribution in [0.4, 0.5) is 0 Å². The number of hydrogen-bond donors (Lipinski definition) is 5. The number of carbonyl (C=O) groups excluding carboxylic acids is 1. The minimum Gasteiger partial charge on any atom is -0.504 e. The molecule has 1 aromatic rings. The average molecular weight is 450 g/mol. The number of benzene rings is 1. The topological polar surface area (TPSA) is 127 Å². The van der Waals surface area contributed by atoms with E-state index in [9.17, 15) is 30.0 Å². The maximum Gasteiger partial charge on any atom is 0.327 e. The van der Waals surface area contributed by atoms with Crippen LogP contribution in [0.2, 0.25) is 0 Å². The number of carboxylic acid groups (broad SMARTS) is 1. The van der Waals surface area contributed by atoms with Crippen molar-refractivity contribution in [1.29, 1.82) is 0 Å². The molecule has 1 unspecified atom stereocenters. The molecule has 3 aliphatic rings. The van der Waals surface area contributed by atoms with Crippen LogP contribution in [-0.4, -0.2) is 50.2 Å². The van der Waals surface area contributed by atoms with Crippen molar-refractivity contribution < 1.29 is 30.0 Å². The summed E-state index contributed by atoms with van der Waals surface area (Å²) >= 11 is 1.13. The van der Waals surface area contributed by atoms with Gasteiger partial charge in [0.25, 0.3) is 0 Å². The molecular weight excluding hydrogens is 418 g/mol. The molecule has 0 aromatic heterocycles. The van der Waals surface area contributed by atoms with Crippen LogP contribution in [-0.2, 0) is 16.0 Å². The van der Waals surface area contributed by atoms with Gasteiger partial charge in [0.1, 0.15) is 6.04 Å². The van der Waals surface area contributed by atoms with Crippen LogP contribution in [0, 0.1) is 17.3 Å². The molecule has 0 bridgehead atoms. The number of aliphatic carboxylic acids is 1. The number of fused-ring (bicyclic) bond motifs is 5. The van der Waals surface area contributed by atoms with Gasteiger partial charge >= 0.3 is 5.97 Å². The van der Waals surface area contributed by atoms with Crippen molar-refractivity contribution in [2.45, 2.75) is 75.3 Å². The van der Waals surface area contributed by atoms with E-state index in [1.54, 1.807) is 0 Å². The lowest BCUT2D eigenvalue weighted by molar-refractivity contribution is -0.140. The summed E-state index contributed by atoms with van der Waals surface area (Å²) in [6.07, 6.45) is 5.12. The molecule has 7 nitrogen and oxygen atoms in total. The van der Waals surface area contributed by atoms with Gasteiger partial charge in [-0.1, -0.05) is 6.92 Å². The monoisotopic (exact) mass is 449 g/mol. The first-order valence-corrected chi connectivity index (χ1v) is 12.0. The van der Waals surface area contributed by atoms with Gasteiger partial charge in [0.2, 0.25) is 5.91 Å². The van der Waals surface area contributed by atoms with Crippen molar-refractivity contribution in [3.8, 4) is 11.5 Å². The molecule has 4 rings (SSSR count). The van der Waals surface area contributed by atoms with Crippen molar-refractivity contribution in [2.24, 2.45) is 17.3 Å². The van der Waals surface area contributed by atoms with Gasteiger partial charge in [-0.05, 0) is 73.3 Å². The predicted octanol–water partition coefficient (Wildman–Crippen LogP) is 3.00. The number of aliphatic hydroxyl groups is 1. The lowest BCUT2D eigenvalue weighted by Crippen LogP contribution is -2.44. The Hall–Kier alpha value is -1.93. The minimum atomic E-state index is -1.14. The van der Waals surface area contributed by atoms with Gasteiger partial charge in [0.05, 0.1) is 11.0 Å². The smallest absolute Gasteiger partial charge is 0.327 e. The maximum atomic E-state index is 11.4. The second-order valence-corrected chi connectivity index (χ2v) is 10.7. The van der Waals surface area contributed by atoms with E-state index in [1.165, 1.54) is 6.92 Å². The highest BCUT2D eigenvalue weighted by Crippen LogP contribution is 2.62. The average Bonchev–Trinajstić information content (AvgIpc) is 3.02.